The van der Waals surface area contributed by atoms with Crippen LogP contribution in [0.15, 0.2) is 18.2 Å². The number of nitrogen functional groups attached to an aromatic ring is 1. The van der Waals surface area contributed by atoms with E-state index in [2.05, 4.69) is 10.6 Å². The number of nitrogens with two attached hydrogens (primary N) is 1. The van der Waals surface area contributed by atoms with Crippen LogP contribution in [0.25, 0.3) is 0 Å². The minimum Gasteiger partial charge on any atom is -0.399 e. The first kappa shape index (κ1) is 14.8. The van der Waals surface area contributed by atoms with Gasteiger partial charge >= 0.3 is 0 Å². The van der Waals surface area contributed by atoms with Crippen molar-refractivity contribution in [3.63, 3.8) is 0 Å². The number of hydrogen-bond acceptors (Lipinski definition) is 4. The summed E-state index contributed by atoms with van der Waals surface area (Å²) in [5.41, 5.74) is 7.28. The zero-order valence-corrected chi connectivity index (χ0v) is 11.7. The number of carbonyl (C=O) groups excluding carboxylic acids is 2. The number of anilines is 2. The Morgan fingerprint density at radius 1 is 1.32 bits per heavy atom. The lowest BCUT2D eigenvalue weighted by Gasteiger charge is -2.19. The monoisotopic (exact) mass is 264 g/mol. The molecule has 0 radical (unpaired) electrons. The molecule has 1 unspecified atom stereocenters. The van der Waals surface area contributed by atoms with Gasteiger partial charge in [0.15, 0.2) is 0 Å². The molecule has 0 bridgehead atoms. The van der Waals surface area contributed by atoms with Crippen molar-refractivity contribution >= 4 is 23.2 Å². The van der Waals surface area contributed by atoms with Crippen molar-refractivity contribution in [3.05, 3.63) is 23.8 Å². The topological polar surface area (TPSA) is 87.5 Å². The summed E-state index contributed by atoms with van der Waals surface area (Å²) in [5, 5.41) is 5.54. The van der Waals surface area contributed by atoms with Gasteiger partial charge in [-0.25, -0.2) is 0 Å². The standard InChI is InChI=1S/C13H20N4O2/c1-8(12(18)15-2)16-11-7-9(14)5-6-10(11)13(19)17(3)4/h5-8,16H,14H2,1-4H3,(H,15,18). The van der Waals surface area contributed by atoms with E-state index in [4.69, 9.17) is 5.73 Å². The molecule has 0 aliphatic rings. The zero-order valence-electron chi connectivity index (χ0n) is 11.7. The van der Waals surface area contributed by atoms with Crippen molar-refractivity contribution in [2.75, 3.05) is 32.2 Å². The molecular weight excluding hydrogens is 244 g/mol. The molecule has 0 heterocycles. The average molecular weight is 264 g/mol. The van der Waals surface area contributed by atoms with Crippen molar-refractivity contribution in [2.45, 2.75) is 13.0 Å². The Kier molecular flexibility index (Phi) is 4.74. The number of amides is 2. The zero-order chi connectivity index (χ0) is 14.6. The van der Waals surface area contributed by atoms with E-state index in [-0.39, 0.29) is 11.8 Å². The number of rotatable bonds is 4. The lowest BCUT2D eigenvalue weighted by atomic mass is 10.1. The Morgan fingerprint density at radius 3 is 2.47 bits per heavy atom. The summed E-state index contributed by atoms with van der Waals surface area (Å²) in [6, 6.07) is 4.50. The number of carbonyl (C=O) groups is 2. The van der Waals surface area contributed by atoms with Crippen LogP contribution in [0, 0.1) is 0 Å². The molecule has 0 saturated heterocycles. The molecule has 1 rings (SSSR count). The van der Waals surface area contributed by atoms with E-state index in [9.17, 15) is 9.59 Å². The van der Waals surface area contributed by atoms with E-state index >= 15 is 0 Å². The van der Waals surface area contributed by atoms with Crippen molar-refractivity contribution in [2.24, 2.45) is 0 Å². The maximum atomic E-state index is 12.0. The Hall–Kier alpha value is -2.24. The van der Waals surface area contributed by atoms with Gasteiger partial charge in [-0.05, 0) is 25.1 Å². The van der Waals surface area contributed by atoms with Crippen LogP contribution >= 0.6 is 0 Å². The SMILES string of the molecule is CNC(=O)C(C)Nc1cc(N)ccc1C(=O)N(C)C. The van der Waals surface area contributed by atoms with Crippen molar-refractivity contribution in [1.82, 2.24) is 10.2 Å². The van der Waals surface area contributed by atoms with Gasteiger partial charge in [-0.2, -0.15) is 0 Å². The van der Waals surface area contributed by atoms with E-state index in [1.807, 2.05) is 0 Å². The summed E-state index contributed by atoms with van der Waals surface area (Å²) >= 11 is 0. The molecule has 0 aliphatic heterocycles. The molecule has 19 heavy (non-hydrogen) atoms. The van der Waals surface area contributed by atoms with Crippen LogP contribution < -0.4 is 16.4 Å². The van der Waals surface area contributed by atoms with Crippen molar-refractivity contribution in [3.8, 4) is 0 Å². The first-order valence-electron chi connectivity index (χ1n) is 5.96. The fourth-order valence-corrected chi connectivity index (χ4v) is 1.62. The Morgan fingerprint density at radius 2 is 1.95 bits per heavy atom. The lowest BCUT2D eigenvalue weighted by molar-refractivity contribution is -0.121. The summed E-state index contributed by atoms with van der Waals surface area (Å²) in [7, 11) is 4.90. The minimum absolute atomic E-state index is 0.147. The lowest BCUT2D eigenvalue weighted by Crippen LogP contribution is -2.36. The highest BCUT2D eigenvalue weighted by atomic mass is 16.2. The highest BCUT2D eigenvalue weighted by Crippen LogP contribution is 2.21. The normalized spacial score (nSPS) is 11.6. The Labute approximate surface area is 113 Å². The molecular formula is C13H20N4O2. The first-order chi connectivity index (χ1) is 8.86. The van der Waals surface area contributed by atoms with Gasteiger partial charge in [-0.3, -0.25) is 9.59 Å². The molecule has 6 nitrogen and oxygen atoms in total. The number of hydrogen-bond donors (Lipinski definition) is 3. The van der Waals surface area contributed by atoms with Gasteiger partial charge in [0.1, 0.15) is 6.04 Å². The first-order valence-corrected chi connectivity index (χ1v) is 5.96. The smallest absolute Gasteiger partial charge is 0.255 e. The van der Waals surface area contributed by atoms with E-state index in [1.54, 1.807) is 46.3 Å². The molecule has 0 saturated carbocycles. The van der Waals surface area contributed by atoms with Gasteiger partial charge in [0, 0.05) is 32.5 Å². The minimum atomic E-state index is -0.458. The summed E-state index contributed by atoms with van der Waals surface area (Å²) in [6.07, 6.45) is 0. The molecule has 1 aromatic rings. The van der Waals surface area contributed by atoms with Crippen LogP contribution in [0.2, 0.25) is 0 Å². The van der Waals surface area contributed by atoms with Crippen LogP contribution in [0.3, 0.4) is 0 Å². The Balaban J connectivity index is 3.07. The largest absolute Gasteiger partial charge is 0.399 e. The molecule has 0 spiro atoms. The fraction of sp³-hybridized carbons (Fsp3) is 0.385. The molecule has 1 aromatic carbocycles. The van der Waals surface area contributed by atoms with Gasteiger partial charge in [-0.1, -0.05) is 0 Å². The highest BCUT2D eigenvalue weighted by molar-refractivity contribution is 6.00. The maximum Gasteiger partial charge on any atom is 0.255 e. The van der Waals surface area contributed by atoms with E-state index in [0.29, 0.717) is 16.9 Å². The summed E-state index contributed by atoms with van der Waals surface area (Å²) in [5.74, 6) is -0.308. The van der Waals surface area contributed by atoms with Crippen molar-refractivity contribution in [1.29, 1.82) is 0 Å². The van der Waals surface area contributed by atoms with E-state index in [1.165, 1.54) is 4.90 Å². The van der Waals surface area contributed by atoms with E-state index < -0.39 is 6.04 Å². The van der Waals surface area contributed by atoms with Gasteiger partial charge in [-0.15, -0.1) is 0 Å². The number of nitrogens with zero attached hydrogens (tertiary/aromatic N) is 1. The molecule has 0 aromatic heterocycles. The molecule has 104 valence electrons. The molecule has 6 heteroatoms. The fourth-order valence-electron chi connectivity index (χ4n) is 1.62. The third-order valence-electron chi connectivity index (χ3n) is 2.69. The van der Waals surface area contributed by atoms with Crippen LogP contribution in [0.5, 0.6) is 0 Å². The molecule has 4 N–H and O–H groups in total. The van der Waals surface area contributed by atoms with Gasteiger partial charge in [0.05, 0.1) is 5.56 Å². The van der Waals surface area contributed by atoms with Gasteiger partial charge in [0.2, 0.25) is 5.91 Å². The molecule has 0 fully saturated rings. The van der Waals surface area contributed by atoms with Crippen LogP contribution in [0.1, 0.15) is 17.3 Å². The maximum absolute atomic E-state index is 12.0. The summed E-state index contributed by atoms with van der Waals surface area (Å²) in [6.45, 7) is 1.71. The van der Waals surface area contributed by atoms with E-state index in [0.717, 1.165) is 0 Å². The second-order valence-electron chi connectivity index (χ2n) is 4.48. The van der Waals surface area contributed by atoms with Crippen LogP contribution in [0.4, 0.5) is 11.4 Å². The van der Waals surface area contributed by atoms with Crippen LogP contribution in [-0.2, 0) is 4.79 Å². The third kappa shape index (κ3) is 3.61. The molecule has 1 atom stereocenters. The highest BCUT2D eigenvalue weighted by Gasteiger charge is 2.17. The second kappa shape index (κ2) is 6.08. The predicted molar refractivity (Wildman–Crippen MR) is 76.0 cm³/mol. The number of benzene rings is 1. The quantitative estimate of drug-likeness (QED) is 0.692. The molecule has 0 aliphatic carbocycles. The predicted octanol–water partition coefficient (Wildman–Crippen LogP) is 0.517. The second-order valence-corrected chi connectivity index (χ2v) is 4.48. The Bertz CT molecular complexity index is 486. The van der Waals surface area contributed by atoms with Gasteiger partial charge in [0.25, 0.3) is 5.91 Å². The number of nitrogens with one attached hydrogen (secondary N) is 2. The van der Waals surface area contributed by atoms with Crippen molar-refractivity contribution < 1.29 is 9.59 Å². The summed E-state index contributed by atoms with van der Waals surface area (Å²) in [4.78, 5) is 25.0. The molecule has 2 amide bonds. The third-order valence-corrected chi connectivity index (χ3v) is 2.69. The van der Waals surface area contributed by atoms with Gasteiger partial charge < -0.3 is 21.3 Å². The average Bonchev–Trinajstić information content (AvgIpc) is 2.37. The number of likely N-dealkylation sites (N-methyl/N-ethyl adjacent to an activating group) is 1. The van der Waals surface area contributed by atoms with Crippen LogP contribution in [-0.4, -0.2) is 43.9 Å². The summed E-state index contributed by atoms with van der Waals surface area (Å²) < 4.78 is 0.